The number of hydrogen-bond acceptors (Lipinski definition) is 3. The summed E-state index contributed by atoms with van der Waals surface area (Å²) in [6, 6.07) is 11.2. The smallest absolute Gasteiger partial charge is 0.271 e. The molecule has 5 rings (SSSR count). The monoisotopic (exact) mass is 453 g/mol. The molecule has 1 saturated carbocycles. The number of carbonyl (C=O) groups is 2. The normalized spacial score (nSPS) is 25.7. The summed E-state index contributed by atoms with van der Waals surface area (Å²) in [4.78, 5) is 29.2. The van der Waals surface area contributed by atoms with Crippen LogP contribution < -0.4 is 5.32 Å². The van der Waals surface area contributed by atoms with Gasteiger partial charge in [-0.2, -0.15) is 0 Å². The predicted octanol–water partition coefficient (Wildman–Crippen LogP) is 5.00. The molecule has 6 nitrogen and oxygen atoms in total. The average molecular weight is 454 g/mol. The van der Waals surface area contributed by atoms with E-state index < -0.39 is 5.54 Å². The highest BCUT2D eigenvalue weighted by molar-refractivity contribution is 6.30. The molecule has 0 radical (unpaired) electrons. The maximum atomic E-state index is 13.8. The second-order valence-corrected chi connectivity index (χ2v) is 9.86. The first-order chi connectivity index (χ1) is 15.4. The molecular weight excluding hydrogens is 426 g/mol. The summed E-state index contributed by atoms with van der Waals surface area (Å²) in [5, 5.41) is 3.90. The minimum atomic E-state index is -1.05. The molecule has 168 valence electrons. The quantitative estimate of drug-likeness (QED) is 0.604. The molecule has 3 atom stereocenters. The number of carbonyl (C=O) groups excluding carboxylic acids is 2. The Kier molecular flexibility index (Phi) is 5.28. The minimum absolute atomic E-state index is 0.109. The Hall–Kier alpha value is -2.73. The summed E-state index contributed by atoms with van der Waals surface area (Å²) >= 11 is 6.20. The largest absolute Gasteiger partial charge is 0.463 e. The molecule has 0 unspecified atom stereocenters. The van der Waals surface area contributed by atoms with E-state index in [1.54, 1.807) is 23.3 Å². The van der Waals surface area contributed by atoms with Gasteiger partial charge in [-0.1, -0.05) is 43.5 Å². The zero-order chi connectivity index (χ0) is 22.5. The standard InChI is InChI=1S/C25H28ClN3O3/c1-16-6-3-4-9-19(16)27-24(31)25(2)15-28-20-10-11-32-22(20)13-21(28)23(30)29(25)14-17-7-5-8-18(26)12-17/h5,7-8,10-13,16,19H,3-4,6,9,14-15H2,1-2H3,(H,27,31)/t16-,19+,25-/m1/s1. The summed E-state index contributed by atoms with van der Waals surface area (Å²) < 4.78 is 7.46. The number of fused-ring (bicyclic) bond motifs is 3. The highest BCUT2D eigenvalue weighted by Crippen LogP contribution is 2.35. The van der Waals surface area contributed by atoms with Gasteiger partial charge in [0.05, 0.1) is 18.3 Å². The second kappa shape index (κ2) is 8.00. The van der Waals surface area contributed by atoms with E-state index >= 15 is 0 Å². The van der Waals surface area contributed by atoms with Crippen LogP contribution in [0.25, 0.3) is 11.1 Å². The van der Waals surface area contributed by atoms with Crippen LogP contribution >= 0.6 is 11.6 Å². The Balaban J connectivity index is 1.53. The molecule has 0 saturated heterocycles. The van der Waals surface area contributed by atoms with Crippen LogP contribution in [0.4, 0.5) is 0 Å². The first-order valence-electron chi connectivity index (χ1n) is 11.3. The lowest BCUT2D eigenvalue weighted by Crippen LogP contribution is -2.65. The van der Waals surface area contributed by atoms with E-state index in [-0.39, 0.29) is 17.9 Å². The maximum absolute atomic E-state index is 13.8. The molecule has 1 fully saturated rings. The van der Waals surface area contributed by atoms with E-state index in [9.17, 15) is 9.59 Å². The van der Waals surface area contributed by atoms with Crippen LogP contribution in [0.1, 0.15) is 55.6 Å². The van der Waals surface area contributed by atoms with Gasteiger partial charge in [-0.15, -0.1) is 0 Å². The first kappa shape index (κ1) is 21.1. The molecule has 2 amide bonds. The van der Waals surface area contributed by atoms with Crippen molar-refractivity contribution in [3.63, 3.8) is 0 Å². The number of nitrogens with zero attached hydrogens (tertiary/aromatic N) is 2. The van der Waals surface area contributed by atoms with Crippen LogP contribution in [-0.4, -0.2) is 32.9 Å². The van der Waals surface area contributed by atoms with Gasteiger partial charge in [0, 0.05) is 29.7 Å². The predicted molar refractivity (Wildman–Crippen MR) is 123 cm³/mol. The number of rotatable bonds is 4. The van der Waals surface area contributed by atoms with Gasteiger partial charge in [0.1, 0.15) is 11.2 Å². The Labute approximate surface area is 192 Å². The van der Waals surface area contributed by atoms with Crippen LogP contribution in [0.3, 0.4) is 0 Å². The summed E-state index contributed by atoms with van der Waals surface area (Å²) in [6.45, 7) is 4.73. The summed E-state index contributed by atoms with van der Waals surface area (Å²) in [5.74, 6) is 0.138. The van der Waals surface area contributed by atoms with Crippen LogP contribution in [0.5, 0.6) is 0 Å². The molecule has 7 heteroatoms. The lowest BCUT2D eigenvalue weighted by molar-refractivity contribution is -0.134. The van der Waals surface area contributed by atoms with Crippen molar-refractivity contribution in [3.05, 3.63) is 58.9 Å². The third kappa shape index (κ3) is 3.51. The third-order valence-electron chi connectivity index (χ3n) is 7.20. The fraction of sp³-hybridized carbons (Fsp3) is 0.440. The zero-order valence-corrected chi connectivity index (χ0v) is 19.2. The lowest BCUT2D eigenvalue weighted by Gasteiger charge is -2.45. The molecule has 3 heterocycles. The fourth-order valence-electron chi connectivity index (χ4n) is 5.19. The van der Waals surface area contributed by atoms with Crippen molar-refractivity contribution in [2.45, 2.75) is 64.2 Å². The van der Waals surface area contributed by atoms with Crippen molar-refractivity contribution in [2.24, 2.45) is 5.92 Å². The van der Waals surface area contributed by atoms with Gasteiger partial charge >= 0.3 is 0 Å². The van der Waals surface area contributed by atoms with Gasteiger partial charge in [0.25, 0.3) is 5.91 Å². The summed E-state index contributed by atoms with van der Waals surface area (Å²) in [5.41, 5.74) is 1.87. The van der Waals surface area contributed by atoms with Gasteiger partial charge < -0.3 is 19.2 Å². The number of nitrogens with one attached hydrogen (secondary N) is 1. The molecule has 1 aliphatic heterocycles. The van der Waals surface area contributed by atoms with E-state index in [0.717, 1.165) is 30.3 Å². The van der Waals surface area contributed by atoms with Crippen LogP contribution in [0.15, 0.2) is 47.1 Å². The van der Waals surface area contributed by atoms with Crippen molar-refractivity contribution in [2.75, 3.05) is 0 Å². The highest BCUT2D eigenvalue weighted by Gasteiger charge is 2.48. The van der Waals surface area contributed by atoms with Crippen molar-refractivity contribution in [1.29, 1.82) is 0 Å². The summed E-state index contributed by atoms with van der Waals surface area (Å²) in [7, 11) is 0. The Bertz CT molecular complexity index is 1180. The second-order valence-electron chi connectivity index (χ2n) is 9.42. The molecule has 1 aliphatic carbocycles. The highest BCUT2D eigenvalue weighted by atomic mass is 35.5. The Morgan fingerprint density at radius 2 is 2.06 bits per heavy atom. The topological polar surface area (TPSA) is 67.5 Å². The number of benzene rings is 1. The molecule has 0 bridgehead atoms. The zero-order valence-electron chi connectivity index (χ0n) is 18.4. The molecule has 32 heavy (non-hydrogen) atoms. The van der Waals surface area contributed by atoms with Crippen LogP contribution in [-0.2, 0) is 17.9 Å². The average Bonchev–Trinajstić information content (AvgIpc) is 3.35. The number of aromatic nitrogens is 1. The van der Waals surface area contributed by atoms with Crippen molar-refractivity contribution in [1.82, 2.24) is 14.8 Å². The molecule has 0 spiro atoms. The number of furan rings is 1. The SMILES string of the molecule is C[C@@H]1CCCC[C@@H]1NC(=O)[C@@]1(C)Cn2c(cc3occc32)C(=O)N1Cc1cccc(Cl)c1. The summed E-state index contributed by atoms with van der Waals surface area (Å²) in [6.07, 6.45) is 6.03. The van der Waals surface area contributed by atoms with Crippen molar-refractivity contribution < 1.29 is 14.0 Å². The van der Waals surface area contributed by atoms with Gasteiger partial charge in [-0.3, -0.25) is 9.59 Å². The molecule has 1 N–H and O–H groups in total. The van der Waals surface area contributed by atoms with Crippen molar-refractivity contribution >= 4 is 34.5 Å². The van der Waals surface area contributed by atoms with Gasteiger partial charge in [0.2, 0.25) is 5.91 Å². The Morgan fingerprint density at radius 1 is 1.25 bits per heavy atom. The van der Waals surface area contributed by atoms with E-state index in [1.165, 1.54) is 6.42 Å². The van der Waals surface area contributed by atoms with Crippen molar-refractivity contribution in [3.8, 4) is 0 Å². The first-order valence-corrected chi connectivity index (χ1v) is 11.7. The molecule has 2 aliphatic rings. The number of halogens is 1. The van der Waals surface area contributed by atoms with Gasteiger partial charge in [-0.05, 0) is 43.4 Å². The minimum Gasteiger partial charge on any atom is -0.463 e. The van der Waals surface area contributed by atoms with E-state index in [1.807, 2.05) is 35.8 Å². The fourth-order valence-corrected chi connectivity index (χ4v) is 5.41. The maximum Gasteiger partial charge on any atom is 0.271 e. The van der Waals surface area contributed by atoms with Crippen LogP contribution in [0.2, 0.25) is 5.02 Å². The lowest BCUT2D eigenvalue weighted by atomic mass is 9.85. The van der Waals surface area contributed by atoms with Gasteiger partial charge in [-0.25, -0.2) is 0 Å². The number of amides is 2. The third-order valence-corrected chi connectivity index (χ3v) is 7.43. The molecule has 3 aromatic rings. The van der Waals surface area contributed by atoms with E-state index in [0.29, 0.717) is 35.3 Å². The van der Waals surface area contributed by atoms with Crippen LogP contribution in [0, 0.1) is 5.92 Å². The van der Waals surface area contributed by atoms with Gasteiger partial charge in [0.15, 0.2) is 5.58 Å². The molecular formula is C25H28ClN3O3. The Morgan fingerprint density at radius 3 is 2.84 bits per heavy atom. The number of hydrogen-bond donors (Lipinski definition) is 1. The molecule has 1 aromatic carbocycles. The van der Waals surface area contributed by atoms with E-state index in [2.05, 4.69) is 12.2 Å². The van der Waals surface area contributed by atoms with E-state index in [4.69, 9.17) is 16.0 Å². The molecule has 2 aromatic heterocycles.